The average molecular weight is 744 g/mol. The molecule has 3 aromatic rings. The number of carbonyl (C=O) groups excluding carboxylic acids is 1. The van der Waals surface area contributed by atoms with Crippen molar-refractivity contribution < 1.29 is 19.1 Å². The molecule has 3 heterocycles. The molecule has 0 radical (unpaired) electrons. The van der Waals surface area contributed by atoms with Gasteiger partial charge in [-0.05, 0) is 118 Å². The molecule has 13 heteroatoms. The minimum absolute atomic E-state index is 0.0547. The van der Waals surface area contributed by atoms with Crippen molar-refractivity contribution in [2.24, 2.45) is 38.2 Å². The number of amides is 1. The van der Waals surface area contributed by atoms with Crippen LogP contribution < -0.4 is 11.5 Å². The van der Waals surface area contributed by atoms with Gasteiger partial charge in [0.15, 0.2) is 11.5 Å². The van der Waals surface area contributed by atoms with E-state index in [1.807, 2.05) is 37.5 Å². The molecule has 4 N–H and O–H groups in total. The van der Waals surface area contributed by atoms with Gasteiger partial charge in [0, 0.05) is 61.7 Å². The number of nitrogens with zero attached hydrogens (tertiary/aromatic N) is 7. The molecule has 4 unspecified atom stereocenters. The molecule has 55 heavy (non-hydrogen) atoms. The second-order valence-electron chi connectivity index (χ2n) is 16.6. The first-order valence-corrected chi connectivity index (χ1v) is 19.4. The molecule has 0 bridgehead atoms. The monoisotopic (exact) mass is 743 g/mol. The number of hydroxylamine groups is 2. The van der Waals surface area contributed by atoms with Gasteiger partial charge in [0.1, 0.15) is 5.82 Å². The molecular formula is C42H49N9O4. The van der Waals surface area contributed by atoms with Crippen molar-refractivity contribution in [2.75, 3.05) is 21.3 Å². The molecule has 4 spiro atoms. The topological polar surface area (TPSA) is 178 Å². The Morgan fingerprint density at radius 3 is 2.27 bits per heavy atom. The van der Waals surface area contributed by atoms with Crippen molar-refractivity contribution in [3.05, 3.63) is 82.4 Å². The summed E-state index contributed by atoms with van der Waals surface area (Å²) in [5.41, 5.74) is 16.3. The lowest BCUT2D eigenvalue weighted by molar-refractivity contribution is -0.250. The molecule has 6 atom stereocenters. The molecule has 2 saturated carbocycles. The van der Waals surface area contributed by atoms with Gasteiger partial charge in [0.2, 0.25) is 11.7 Å². The van der Waals surface area contributed by atoms with E-state index in [1.54, 1.807) is 26.2 Å². The highest BCUT2D eigenvalue weighted by Crippen LogP contribution is 2.67. The highest BCUT2D eigenvalue weighted by atomic mass is 16.7. The number of aromatic nitrogens is 2. The van der Waals surface area contributed by atoms with Gasteiger partial charge >= 0.3 is 0 Å². The Balaban J connectivity index is 1.17. The number of ether oxygens (including phenoxy) is 2. The van der Waals surface area contributed by atoms with Gasteiger partial charge in [0.05, 0.1) is 23.8 Å². The van der Waals surface area contributed by atoms with Crippen LogP contribution in [0.5, 0.6) is 0 Å². The summed E-state index contributed by atoms with van der Waals surface area (Å²) in [7, 11) is 5.28. The van der Waals surface area contributed by atoms with Crippen LogP contribution in [0, 0.1) is 35.0 Å². The molecule has 286 valence electrons. The lowest BCUT2D eigenvalue weighted by Crippen LogP contribution is -2.61. The van der Waals surface area contributed by atoms with Crippen molar-refractivity contribution in [2.45, 2.75) is 101 Å². The molecule has 13 nitrogen and oxygen atoms in total. The summed E-state index contributed by atoms with van der Waals surface area (Å²) in [5.74, 6) is 0.874. The van der Waals surface area contributed by atoms with E-state index in [2.05, 4.69) is 41.2 Å². The first kappa shape index (κ1) is 35.8. The highest BCUT2D eigenvalue weighted by molar-refractivity contribution is 6.09. The fourth-order valence-electron chi connectivity index (χ4n) is 11.5. The lowest BCUT2D eigenvalue weighted by Gasteiger charge is -2.53. The second kappa shape index (κ2) is 12.6. The zero-order valence-electron chi connectivity index (χ0n) is 32.2. The fourth-order valence-corrected chi connectivity index (χ4v) is 11.5. The maximum absolute atomic E-state index is 15.9. The van der Waals surface area contributed by atoms with Gasteiger partial charge in [-0.15, -0.1) is 0 Å². The Bertz CT molecular complexity index is 2180. The smallest absolute Gasteiger partial charge is 0.262 e. The van der Waals surface area contributed by atoms with E-state index in [-0.39, 0.29) is 36.0 Å². The zero-order valence-corrected chi connectivity index (χ0v) is 32.2. The van der Waals surface area contributed by atoms with Crippen LogP contribution in [0.4, 0.5) is 0 Å². The van der Waals surface area contributed by atoms with E-state index in [1.165, 1.54) is 5.06 Å². The Morgan fingerprint density at radius 2 is 1.60 bits per heavy atom. The van der Waals surface area contributed by atoms with Crippen LogP contribution in [-0.4, -0.2) is 77.3 Å². The molecule has 0 saturated heterocycles. The van der Waals surface area contributed by atoms with Crippen LogP contribution in [0.15, 0.2) is 58.8 Å². The number of carbonyl (C=O) groups is 1. The van der Waals surface area contributed by atoms with Gasteiger partial charge in [-0.1, -0.05) is 18.2 Å². The number of nitrogens with two attached hydrogens (primary N) is 2. The molecule has 1 aromatic heterocycles. The summed E-state index contributed by atoms with van der Waals surface area (Å²) in [6.45, 7) is 3.96. The number of nitriles is 1. The molecule has 9 rings (SSSR count). The molecule has 2 aliphatic heterocycles. The number of hydrogen-bond donors (Lipinski definition) is 2. The number of hydrogen-bond acceptors (Lipinski definition) is 12. The SMILES string of the molecule is CO[C@H]1CC[C@@]2(Cc3ccc(C#N)cc3C23N=C(N)N(C)O3)C(C(C)N2C(=O)C3(N=C2N)c2cc(-c4cnc(C)nc4)ccc2C[C@]32CC[C@@H](OC)CC2)C1. The Hall–Kier alpha value is -4.90. The molecule has 2 aromatic carbocycles. The summed E-state index contributed by atoms with van der Waals surface area (Å²) in [6.07, 6.45) is 10.4. The van der Waals surface area contributed by atoms with E-state index in [0.717, 1.165) is 71.9 Å². The van der Waals surface area contributed by atoms with Gasteiger partial charge in [-0.3, -0.25) is 9.69 Å². The van der Waals surface area contributed by atoms with Crippen molar-refractivity contribution in [3.8, 4) is 17.2 Å². The summed E-state index contributed by atoms with van der Waals surface area (Å²) in [4.78, 5) is 43.9. The largest absolute Gasteiger partial charge is 0.381 e. The van der Waals surface area contributed by atoms with Crippen molar-refractivity contribution in [1.29, 1.82) is 5.26 Å². The summed E-state index contributed by atoms with van der Waals surface area (Å²) < 4.78 is 11.9. The van der Waals surface area contributed by atoms with Crippen molar-refractivity contribution in [3.63, 3.8) is 0 Å². The number of rotatable bonds is 5. The number of methoxy groups -OCH3 is 2. The van der Waals surface area contributed by atoms with Crippen molar-refractivity contribution in [1.82, 2.24) is 19.9 Å². The lowest BCUT2D eigenvalue weighted by atomic mass is 9.57. The van der Waals surface area contributed by atoms with Crippen LogP contribution in [0.2, 0.25) is 0 Å². The second-order valence-corrected chi connectivity index (χ2v) is 16.6. The van der Waals surface area contributed by atoms with Gasteiger partial charge in [-0.25, -0.2) is 29.9 Å². The Kier molecular flexibility index (Phi) is 8.17. The van der Waals surface area contributed by atoms with Gasteiger partial charge in [0.25, 0.3) is 5.91 Å². The normalized spacial score (nSPS) is 34.0. The fraction of sp³-hybridized carbons (Fsp3) is 0.524. The number of aryl methyl sites for hydroxylation is 1. The van der Waals surface area contributed by atoms with Crippen LogP contribution in [0.25, 0.3) is 11.1 Å². The van der Waals surface area contributed by atoms with Crippen LogP contribution in [0.1, 0.15) is 85.5 Å². The first-order valence-electron chi connectivity index (χ1n) is 19.4. The molecule has 1 amide bonds. The van der Waals surface area contributed by atoms with E-state index in [4.69, 9.17) is 35.8 Å². The van der Waals surface area contributed by atoms with Crippen LogP contribution in [0.3, 0.4) is 0 Å². The van der Waals surface area contributed by atoms with Crippen LogP contribution in [-0.2, 0) is 43.2 Å². The number of aliphatic imine (C=N–C) groups is 2. The van der Waals surface area contributed by atoms with E-state index in [9.17, 15) is 5.26 Å². The molecule has 4 aliphatic carbocycles. The van der Waals surface area contributed by atoms with Gasteiger partial charge in [-0.2, -0.15) is 5.26 Å². The minimum Gasteiger partial charge on any atom is -0.381 e. The van der Waals surface area contributed by atoms with E-state index < -0.39 is 28.1 Å². The molecule has 2 fully saturated rings. The predicted molar refractivity (Wildman–Crippen MR) is 205 cm³/mol. The third-order valence-electron chi connectivity index (χ3n) is 14.3. The maximum Gasteiger partial charge on any atom is 0.262 e. The first-order chi connectivity index (χ1) is 26.4. The van der Waals surface area contributed by atoms with E-state index in [0.29, 0.717) is 30.7 Å². The Labute approximate surface area is 321 Å². The highest BCUT2D eigenvalue weighted by Gasteiger charge is 2.71. The standard InChI is InChI=1S/C42H49N9O4/c1-24(33-18-32(54-5)12-15-40(33)20-29-7-6-26(21-43)16-35(29)42(40)49-37(44)50(3)55-42)51-36(52)41(48-38(51)45)34-17-27(30-22-46-25(2)47-23-30)8-9-28(34)19-39(41)13-10-31(53-4)11-14-39/h6-9,16-17,22-24,31-33H,10-15,18-20H2,1-5H3,(H2,44,49)(H2,45,48)/t24?,31-,32-,33?,39-,40+,41?,42?/m0/s1. The summed E-state index contributed by atoms with van der Waals surface area (Å²) in [6, 6.07) is 14.0. The predicted octanol–water partition coefficient (Wildman–Crippen LogP) is 4.60. The van der Waals surface area contributed by atoms with E-state index >= 15 is 4.79 Å². The average Bonchev–Trinajstić information content (AvgIpc) is 3.84. The molecule has 6 aliphatic rings. The minimum atomic E-state index is -1.21. The zero-order chi connectivity index (χ0) is 38.5. The number of benzene rings is 2. The Morgan fingerprint density at radius 1 is 0.909 bits per heavy atom. The quantitative estimate of drug-likeness (QED) is 0.376. The number of fused-ring (bicyclic) bond motifs is 6. The number of guanidine groups is 2. The maximum atomic E-state index is 15.9. The molecular weight excluding hydrogens is 695 g/mol. The third kappa shape index (κ3) is 4.83. The van der Waals surface area contributed by atoms with Gasteiger partial charge < -0.3 is 20.9 Å². The van der Waals surface area contributed by atoms with Crippen LogP contribution >= 0.6 is 0 Å². The summed E-state index contributed by atoms with van der Waals surface area (Å²) >= 11 is 0. The van der Waals surface area contributed by atoms with Crippen molar-refractivity contribution >= 4 is 17.8 Å². The third-order valence-corrected chi connectivity index (χ3v) is 14.3. The summed E-state index contributed by atoms with van der Waals surface area (Å²) in [5, 5.41) is 11.5.